The second-order valence-corrected chi connectivity index (χ2v) is 4.39. The number of hydrazone groups is 1. The number of carbonyl (C=O) groups is 1. The zero-order valence-corrected chi connectivity index (χ0v) is 9.98. The maximum absolute atomic E-state index is 12.8. The van der Waals surface area contributed by atoms with E-state index >= 15 is 0 Å². The van der Waals surface area contributed by atoms with Crippen LogP contribution in [0, 0.1) is 5.82 Å². The summed E-state index contributed by atoms with van der Waals surface area (Å²) in [7, 11) is 0. The van der Waals surface area contributed by atoms with Gasteiger partial charge in [-0.3, -0.25) is 4.79 Å². The Kier molecular flexibility index (Phi) is 3.22. The predicted octanol–water partition coefficient (Wildman–Crippen LogP) is 2.56. The number of nitrogens with zero attached hydrogens (tertiary/aromatic N) is 2. The van der Waals surface area contributed by atoms with E-state index in [1.54, 1.807) is 12.1 Å². The first-order chi connectivity index (χ1) is 8.08. The molecule has 1 aliphatic heterocycles. The molecule has 0 unspecified atom stereocenters. The van der Waals surface area contributed by atoms with Gasteiger partial charge in [-0.25, -0.2) is 9.40 Å². The van der Waals surface area contributed by atoms with E-state index in [4.69, 9.17) is 0 Å². The zero-order valence-electron chi connectivity index (χ0n) is 9.98. The molecule has 1 aromatic carbocycles. The summed E-state index contributed by atoms with van der Waals surface area (Å²) in [4.78, 5) is 11.6. The largest absolute Gasteiger partial charge is 0.273 e. The molecule has 0 spiro atoms. The number of amides is 1. The molecule has 0 fully saturated rings. The van der Waals surface area contributed by atoms with Crippen molar-refractivity contribution in [2.75, 3.05) is 0 Å². The van der Waals surface area contributed by atoms with Crippen LogP contribution in [-0.2, 0) is 4.79 Å². The summed E-state index contributed by atoms with van der Waals surface area (Å²) in [5.74, 6) is -0.215. The first-order valence-corrected chi connectivity index (χ1v) is 5.73. The summed E-state index contributed by atoms with van der Waals surface area (Å²) in [6.07, 6.45) is 1.09. The van der Waals surface area contributed by atoms with E-state index in [0.717, 1.165) is 11.3 Å². The van der Waals surface area contributed by atoms with Crippen LogP contribution in [0.15, 0.2) is 29.4 Å². The molecule has 3 nitrogen and oxygen atoms in total. The highest BCUT2D eigenvalue weighted by Crippen LogP contribution is 2.17. The van der Waals surface area contributed by atoms with Gasteiger partial charge >= 0.3 is 0 Å². The van der Waals surface area contributed by atoms with Gasteiger partial charge in [-0.2, -0.15) is 5.10 Å². The third-order valence-corrected chi connectivity index (χ3v) is 2.73. The van der Waals surface area contributed by atoms with Gasteiger partial charge in [0.2, 0.25) is 5.91 Å². The molecule has 0 saturated carbocycles. The number of rotatable bonds is 2. The molecule has 0 aromatic heterocycles. The normalized spacial score (nSPS) is 16.4. The van der Waals surface area contributed by atoms with Crippen molar-refractivity contribution < 1.29 is 9.18 Å². The van der Waals surface area contributed by atoms with E-state index < -0.39 is 0 Å². The van der Waals surface area contributed by atoms with Crippen LogP contribution >= 0.6 is 0 Å². The molecule has 4 heteroatoms. The molecule has 0 radical (unpaired) electrons. The van der Waals surface area contributed by atoms with E-state index in [-0.39, 0.29) is 17.8 Å². The molecule has 17 heavy (non-hydrogen) atoms. The van der Waals surface area contributed by atoms with E-state index in [9.17, 15) is 9.18 Å². The molecule has 1 aromatic rings. The zero-order chi connectivity index (χ0) is 12.4. The number of hydrogen-bond acceptors (Lipinski definition) is 2. The van der Waals surface area contributed by atoms with E-state index in [0.29, 0.717) is 12.8 Å². The molecule has 0 N–H and O–H groups in total. The molecule has 2 rings (SSSR count). The molecule has 0 bridgehead atoms. The molecule has 1 heterocycles. The lowest BCUT2D eigenvalue weighted by atomic mass is 10.0. The van der Waals surface area contributed by atoms with Crippen LogP contribution in [0.25, 0.3) is 0 Å². The smallest absolute Gasteiger partial charge is 0.243 e. The summed E-state index contributed by atoms with van der Waals surface area (Å²) in [6, 6.07) is 6.27. The van der Waals surface area contributed by atoms with Crippen LogP contribution in [0.3, 0.4) is 0 Å². The monoisotopic (exact) mass is 234 g/mol. The van der Waals surface area contributed by atoms with E-state index in [1.165, 1.54) is 17.1 Å². The summed E-state index contributed by atoms with van der Waals surface area (Å²) >= 11 is 0. The molecule has 0 aliphatic carbocycles. The Balaban J connectivity index is 2.30. The Morgan fingerprint density at radius 3 is 2.47 bits per heavy atom. The van der Waals surface area contributed by atoms with E-state index in [2.05, 4.69) is 5.10 Å². The highest BCUT2D eigenvalue weighted by molar-refractivity contribution is 6.04. The molecule has 1 amide bonds. The fourth-order valence-corrected chi connectivity index (χ4v) is 1.82. The van der Waals surface area contributed by atoms with Gasteiger partial charge in [0.05, 0.1) is 5.71 Å². The van der Waals surface area contributed by atoms with Crippen LogP contribution in [0.2, 0.25) is 0 Å². The summed E-state index contributed by atoms with van der Waals surface area (Å²) < 4.78 is 12.8. The van der Waals surface area contributed by atoms with Gasteiger partial charge in [0.15, 0.2) is 0 Å². The van der Waals surface area contributed by atoms with Gasteiger partial charge in [0, 0.05) is 18.9 Å². The Labute approximate surface area is 99.9 Å². The quantitative estimate of drug-likeness (QED) is 0.774. The first-order valence-electron chi connectivity index (χ1n) is 5.73. The van der Waals surface area contributed by atoms with Gasteiger partial charge in [-0.15, -0.1) is 0 Å². The average molecular weight is 234 g/mol. The number of hydrogen-bond donors (Lipinski definition) is 0. The summed E-state index contributed by atoms with van der Waals surface area (Å²) in [5, 5.41) is 5.84. The first kappa shape index (κ1) is 11.8. The second kappa shape index (κ2) is 4.65. The van der Waals surface area contributed by atoms with Crippen molar-refractivity contribution in [3.05, 3.63) is 35.6 Å². The number of halogens is 1. The number of carbonyl (C=O) groups excluding carboxylic acids is 1. The second-order valence-electron chi connectivity index (χ2n) is 4.39. The predicted molar refractivity (Wildman–Crippen MR) is 64.2 cm³/mol. The molecular formula is C13H15FN2O. The van der Waals surface area contributed by atoms with E-state index in [1.807, 2.05) is 13.8 Å². The Morgan fingerprint density at radius 1 is 1.24 bits per heavy atom. The lowest BCUT2D eigenvalue weighted by Gasteiger charge is -2.26. The lowest BCUT2D eigenvalue weighted by molar-refractivity contribution is -0.133. The molecule has 0 saturated heterocycles. The van der Waals surface area contributed by atoms with Crippen LogP contribution in [0.4, 0.5) is 4.39 Å². The number of benzene rings is 1. The van der Waals surface area contributed by atoms with Crippen molar-refractivity contribution >= 4 is 11.6 Å². The van der Waals surface area contributed by atoms with Crippen LogP contribution in [-0.4, -0.2) is 22.7 Å². The van der Waals surface area contributed by atoms with Gasteiger partial charge in [-0.05, 0) is 31.5 Å². The average Bonchev–Trinajstić information content (AvgIpc) is 2.30. The lowest BCUT2D eigenvalue weighted by Crippen LogP contribution is -2.36. The molecular weight excluding hydrogens is 219 g/mol. The van der Waals surface area contributed by atoms with Crippen LogP contribution in [0.5, 0.6) is 0 Å². The van der Waals surface area contributed by atoms with Gasteiger partial charge in [-0.1, -0.05) is 12.1 Å². The third kappa shape index (κ3) is 2.52. The van der Waals surface area contributed by atoms with Crippen molar-refractivity contribution in [1.82, 2.24) is 5.01 Å². The topological polar surface area (TPSA) is 32.7 Å². The van der Waals surface area contributed by atoms with Crippen molar-refractivity contribution in [2.45, 2.75) is 32.7 Å². The maximum atomic E-state index is 12.8. The standard InChI is InChI=1S/C13H15FN2O/c1-9(2)16-13(17)8-7-12(15-16)10-3-5-11(14)6-4-10/h3-6,9H,7-8H2,1-2H3. The Hall–Kier alpha value is -1.71. The molecule has 1 aliphatic rings. The van der Waals surface area contributed by atoms with Gasteiger partial charge in [0.1, 0.15) is 5.82 Å². The van der Waals surface area contributed by atoms with Gasteiger partial charge in [0.25, 0.3) is 0 Å². The minimum atomic E-state index is -0.262. The van der Waals surface area contributed by atoms with Crippen molar-refractivity contribution in [3.8, 4) is 0 Å². The third-order valence-electron chi connectivity index (χ3n) is 2.73. The molecule has 90 valence electrons. The van der Waals surface area contributed by atoms with Crippen molar-refractivity contribution in [2.24, 2.45) is 5.10 Å². The van der Waals surface area contributed by atoms with Gasteiger partial charge < -0.3 is 0 Å². The fourth-order valence-electron chi connectivity index (χ4n) is 1.82. The maximum Gasteiger partial charge on any atom is 0.243 e. The Bertz CT molecular complexity index is 451. The van der Waals surface area contributed by atoms with Crippen molar-refractivity contribution in [3.63, 3.8) is 0 Å². The fraction of sp³-hybridized carbons (Fsp3) is 0.385. The summed E-state index contributed by atoms with van der Waals surface area (Å²) in [6.45, 7) is 3.85. The minimum absolute atomic E-state index is 0.0471. The molecule has 0 atom stereocenters. The van der Waals surface area contributed by atoms with Crippen LogP contribution in [0.1, 0.15) is 32.3 Å². The highest BCUT2D eigenvalue weighted by atomic mass is 19.1. The Morgan fingerprint density at radius 2 is 1.88 bits per heavy atom. The SMILES string of the molecule is CC(C)N1N=C(c2ccc(F)cc2)CCC1=O. The van der Waals surface area contributed by atoms with Crippen molar-refractivity contribution in [1.29, 1.82) is 0 Å². The highest BCUT2D eigenvalue weighted by Gasteiger charge is 2.23. The van der Waals surface area contributed by atoms with Crippen LogP contribution < -0.4 is 0 Å². The minimum Gasteiger partial charge on any atom is -0.273 e. The summed E-state index contributed by atoms with van der Waals surface area (Å²) in [5.41, 5.74) is 1.72.